The van der Waals surface area contributed by atoms with Gasteiger partial charge in [0.25, 0.3) is 0 Å². The Morgan fingerprint density at radius 1 is 1.00 bits per heavy atom. The number of anilines is 1. The fourth-order valence-electron chi connectivity index (χ4n) is 3.77. The van der Waals surface area contributed by atoms with Crippen LogP contribution in [0.2, 0.25) is 0 Å². The molecule has 1 aromatic heterocycles. The van der Waals surface area contributed by atoms with Crippen LogP contribution in [0.25, 0.3) is 0 Å². The average Bonchev–Trinajstić information content (AvgIpc) is 3.12. The Labute approximate surface area is 151 Å². The Morgan fingerprint density at radius 2 is 1.77 bits per heavy atom. The zero-order chi connectivity index (χ0) is 17.9. The van der Waals surface area contributed by atoms with Crippen molar-refractivity contribution in [1.29, 1.82) is 0 Å². The topological polar surface area (TPSA) is 41.5 Å². The third-order valence-corrected chi connectivity index (χ3v) is 5.08. The number of aromatic nitrogens is 2. The highest BCUT2D eigenvalue weighted by molar-refractivity contribution is 5.50. The molecule has 1 saturated heterocycles. The van der Waals surface area contributed by atoms with Gasteiger partial charge in [0.15, 0.2) is 0 Å². The van der Waals surface area contributed by atoms with Gasteiger partial charge >= 0.3 is 6.61 Å². The van der Waals surface area contributed by atoms with Crippen LogP contribution >= 0.6 is 0 Å². The summed E-state index contributed by atoms with van der Waals surface area (Å²) in [6.45, 7) is 1.82. The van der Waals surface area contributed by atoms with Gasteiger partial charge in [-0.15, -0.1) is 0 Å². The lowest BCUT2D eigenvalue weighted by molar-refractivity contribution is -0.0498. The fraction of sp³-hybridized carbons (Fsp3) is 0.474. The summed E-state index contributed by atoms with van der Waals surface area (Å²) in [6.07, 6.45) is 5.01. The van der Waals surface area contributed by atoms with Crippen molar-refractivity contribution >= 4 is 5.82 Å². The van der Waals surface area contributed by atoms with Crippen molar-refractivity contribution in [3.8, 4) is 5.75 Å². The van der Waals surface area contributed by atoms with Crippen molar-refractivity contribution < 1.29 is 13.5 Å². The van der Waals surface area contributed by atoms with E-state index in [-0.39, 0.29) is 5.75 Å². The maximum Gasteiger partial charge on any atom is 0.387 e. The van der Waals surface area contributed by atoms with Crippen LogP contribution in [-0.2, 0) is 19.4 Å². The van der Waals surface area contributed by atoms with Crippen LogP contribution in [-0.4, -0.2) is 47.7 Å². The van der Waals surface area contributed by atoms with Crippen molar-refractivity contribution in [2.45, 2.75) is 32.4 Å². The minimum atomic E-state index is -2.78. The first kappa shape index (κ1) is 17.1. The molecule has 4 rings (SSSR count). The summed E-state index contributed by atoms with van der Waals surface area (Å²) >= 11 is 0. The van der Waals surface area contributed by atoms with Crippen LogP contribution in [0.4, 0.5) is 14.6 Å². The van der Waals surface area contributed by atoms with Gasteiger partial charge in [-0.1, -0.05) is 12.1 Å². The molecule has 0 spiro atoms. The summed E-state index contributed by atoms with van der Waals surface area (Å²) < 4.78 is 28.8. The number of hydrogen-bond acceptors (Lipinski definition) is 5. The molecule has 7 heteroatoms. The van der Waals surface area contributed by atoms with Gasteiger partial charge in [-0.2, -0.15) is 8.78 Å². The number of ether oxygens (including phenoxy) is 1. The highest BCUT2D eigenvalue weighted by atomic mass is 19.3. The van der Waals surface area contributed by atoms with Gasteiger partial charge in [0.05, 0.1) is 0 Å². The number of alkyl halides is 2. The minimum absolute atomic E-state index is 0.200. The van der Waals surface area contributed by atoms with E-state index in [4.69, 9.17) is 0 Å². The van der Waals surface area contributed by atoms with E-state index in [1.54, 1.807) is 18.5 Å². The van der Waals surface area contributed by atoms with E-state index >= 15 is 0 Å². The Balaban J connectivity index is 1.33. The predicted molar refractivity (Wildman–Crippen MR) is 94.6 cm³/mol. The molecule has 0 atom stereocenters. The van der Waals surface area contributed by atoms with Crippen molar-refractivity contribution in [3.63, 3.8) is 0 Å². The van der Waals surface area contributed by atoms with E-state index in [0.717, 1.165) is 56.9 Å². The Morgan fingerprint density at radius 3 is 2.50 bits per heavy atom. The minimum Gasteiger partial charge on any atom is -0.435 e. The molecule has 0 N–H and O–H groups in total. The summed E-state index contributed by atoms with van der Waals surface area (Å²) in [4.78, 5) is 13.7. The fourth-order valence-corrected chi connectivity index (χ4v) is 3.77. The van der Waals surface area contributed by atoms with Gasteiger partial charge in [-0.3, -0.25) is 4.90 Å². The van der Waals surface area contributed by atoms with E-state index in [1.807, 2.05) is 12.1 Å². The lowest BCUT2D eigenvalue weighted by atomic mass is 10.1. The second-order valence-electron chi connectivity index (χ2n) is 6.76. The Hall–Kier alpha value is -2.28. The number of nitrogens with zero attached hydrogens (tertiary/aromatic N) is 4. The lowest BCUT2D eigenvalue weighted by Gasteiger charge is -2.36. The standard InChI is InChI=1S/C19H22F2N4O/c20-19(21)26-15-6-4-14(5-7-15)12-24-8-10-25(11-9-24)18-16-2-1-3-17(16)22-13-23-18/h4-7,13,19H,1-3,8-12H2. The van der Waals surface area contributed by atoms with Gasteiger partial charge in [0.2, 0.25) is 0 Å². The zero-order valence-electron chi connectivity index (χ0n) is 14.6. The quantitative estimate of drug-likeness (QED) is 0.820. The molecular weight excluding hydrogens is 338 g/mol. The second kappa shape index (κ2) is 7.53. The van der Waals surface area contributed by atoms with Crippen LogP contribution in [0.1, 0.15) is 23.2 Å². The average molecular weight is 360 g/mol. The third kappa shape index (κ3) is 3.77. The molecule has 26 heavy (non-hydrogen) atoms. The van der Waals surface area contributed by atoms with Crippen molar-refractivity contribution in [3.05, 3.63) is 47.4 Å². The number of aryl methyl sites for hydroxylation is 1. The second-order valence-corrected chi connectivity index (χ2v) is 6.76. The lowest BCUT2D eigenvalue weighted by Crippen LogP contribution is -2.46. The molecule has 0 radical (unpaired) electrons. The van der Waals surface area contributed by atoms with E-state index in [1.165, 1.54) is 17.7 Å². The molecule has 0 unspecified atom stereocenters. The van der Waals surface area contributed by atoms with Gasteiger partial charge in [0.1, 0.15) is 17.9 Å². The number of benzene rings is 1. The van der Waals surface area contributed by atoms with Crippen LogP contribution in [0.5, 0.6) is 5.75 Å². The summed E-state index contributed by atoms with van der Waals surface area (Å²) in [5.41, 5.74) is 3.64. The van der Waals surface area contributed by atoms with Crippen LogP contribution in [0.3, 0.4) is 0 Å². The molecular formula is C19H22F2N4O. The van der Waals surface area contributed by atoms with E-state index in [2.05, 4.69) is 24.5 Å². The number of hydrogen-bond donors (Lipinski definition) is 0. The predicted octanol–water partition coefficient (Wildman–Crippen LogP) is 2.89. The van der Waals surface area contributed by atoms with Gasteiger partial charge in [-0.25, -0.2) is 9.97 Å². The van der Waals surface area contributed by atoms with E-state index in [9.17, 15) is 8.78 Å². The molecule has 2 heterocycles. The zero-order valence-corrected chi connectivity index (χ0v) is 14.6. The number of halogens is 2. The van der Waals surface area contributed by atoms with Gasteiger partial charge in [-0.05, 0) is 37.0 Å². The first-order chi connectivity index (χ1) is 12.7. The smallest absolute Gasteiger partial charge is 0.387 e. The third-order valence-electron chi connectivity index (χ3n) is 5.08. The number of piperazine rings is 1. The molecule has 2 aliphatic rings. The molecule has 0 saturated carbocycles. The maximum absolute atomic E-state index is 12.2. The molecule has 5 nitrogen and oxygen atoms in total. The normalized spacial score (nSPS) is 17.6. The van der Waals surface area contributed by atoms with Crippen molar-refractivity contribution in [2.75, 3.05) is 31.1 Å². The molecule has 0 bridgehead atoms. The van der Waals surface area contributed by atoms with Gasteiger partial charge < -0.3 is 9.64 Å². The monoisotopic (exact) mass is 360 g/mol. The first-order valence-electron chi connectivity index (χ1n) is 9.03. The Bertz CT molecular complexity index is 746. The van der Waals surface area contributed by atoms with Crippen LogP contribution in [0.15, 0.2) is 30.6 Å². The molecule has 2 aromatic rings. The first-order valence-corrected chi connectivity index (χ1v) is 9.03. The summed E-state index contributed by atoms with van der Waals surface area (Å²) in [7, 11) is 0. The molecule has 1 aliphatic carbocycles. The van der Waals surface area contributed by atoms with Gasteiger partial charge in [0, 0.05) is 44.0 Å². The summed E-state index contributed by atoms with van der Waals surface area (Å²) in [6, 6.07) is 6.90. The molecule has 1 aromatic carbocycles. The summed E-state index contributed by atoms with van der Waals surface area (Å²) in [5.74, 6) is 1.31. The van der Waals surface area contributed by atoms with E-state index < -0.39 is 6.61 Å². The molecule has 0 amide bonds. The SMILES string of the molecule is FC(F)Oc1ccc(CN2CCN(c3ncnc4c3CCC4)CC2)cc1. The highest BCUT2D eigenvalue weighted by Gasteiger charge is 2.24. The van der Waals surface area contributed by atoms with Crippen LogP contribution in [0, 0.1) is 0 Å². The number of fused-ring (bicyclic) bond motifs is 1. The molecule has 1 fully saturated rings. The largest absolute Gasteiger partial charge is 0.435 e. The van der Waals surface area contributed by atoms with E-state index in [0.29, 0.717) is 0 Å². The summed E-state index contributed by atoms with van der Waals surface area (Å²) in [5, 5.41) is 0. The van der Waals surface area contributed by atoms with Crippen molar-refractivity contribution in [2.24, 2.45) is 0 Å². The molecule has 138 valence electrons. The molecule has 1 aliphatic heterocycles. The van der Waals surface area contributed by atoms with Crippen molar-refractivity contribution in [1.82, 2.24) is 14.9 Å². The maximum atomic E-state index is 12.2. The van der Waals surface area contributed by atoms with Crippen LogP contribution < -0.4 is 9.64 Å². The highest BCUT2D eigenvalue weighted by Crippen LogP contribution is 2.28. The Kier molecular flexibility index (Phi) is 4.97. The number of rotatable bonds is 5.